The first-order valence-electron chi connectivity index (χ1n) is 6.84. The van der Waals surface area contributed by atoms with Crippen LogP contribution in [0, 0.1) is 0 Å². The summed E-state index contributed by atoms with van der Waals surface area (Å²) in [5.41, 5.74) is 1.77. The standard InChI is InChI=1S/C13H18N4O5S/c1-22-10-2-4-11(5-3-10)23(20,21)17-8-6-16(7-9-17)13(19)12(18)15-14/h2-5H,6-9,14H2,1H3,(H,15,18). The van der Waals surface area contributed by atoms with Crippen LogP contribution in [-0.4, -0.2) is 62.7 Å². The van der Waals surface area contributed by atoms with Crippen molar-refractivity contribution in [3.05, 3.63) is 24.3 Å². The number of nitrogens with zero attached hydrogens (tertiary/aromatic N) is 2. The minimum Gasteiger partial charge on any atom is -0.497 e. The van der Waals surface area contributed by atoms with Crippen LogP contribution in [0.25, 0.3) is 0 Å². The van der Waals surface area contributed by atoms with Crippen molar-refractivity contribution in [1.29, 1.82) is 0 Å². The first-order valence-corrected chi connectivity index (χ1v) is 8.28. The summed E-state index contributed by atoms with van der Waals surface area (Å²) in [6.07, 6.45) is 0. The van der Waals surface area contributed by atoms with Crippen LogP contribution in [0.2, 0.25) is 0 Å². The Bertz CT molecular complexity index is 681. The SMILES string of the molecule is COc1ccc(S(=O)(=O)N2CCN(C(=O)C(=O)NN)CC2)cc1. The Morgan fingerprint density at radius 1 is 1.13 bits per heavy atom. The molecule has 1 fully saturated rings. The van der Waals surface area contributed by atoms with E-state index in [0.29, 0.717) is 5.75 Å². The maximum Gasteiger partial charge on any atom is 0.323 e. The molecule has 9 nitrogen and oxygen atoms in total. The molecule has 1 aromatic rings. The van der Waals surface area contributed by atoms with Gasteiger partial charge in [-0.1, -0.05) is 0 Å². The molecule has 2 rings (SSSR count). The van der Waals surface area contributed by atoms with Crippen molar-refractivity contribution in [2.75, 3.05) is 33.3 Å². The number of methoxy groups -OCH3 is 1. The number of hydrogen-bond donors (Lipinski definition) is 2. The van der Waals surface area contributed by atoms with E-state index in [2.05, 4.69) is 0 Å². The van der Waals surface area contributed by atoms with Crippen LogP contribution in [0.3, 0.4) is 0 Å². The van der Waals surface area contributed by atoms with Gasteiger partial charge in [0.05, 0.1) is 12.0 Å². The zero-order chi connectivity index (χ0) is 17.0. The Morgan fingerprint density at radius 3 is 2.17 bits per heavy atom. The topological polar surface area (TPSA) is 122 Å². The summed E-state index contributed by atoms with van der Waals surface area (Å²) in [7, 11) is -2.15. The number of amides is 2. The van der Waals surface area contributed by atoms with Gasteiger partial charge in [-0.25, -0.2) is 14.3 Å². The minimum atomic E-state index is -3.65. The summed E-state index contributed by atoms with van der Waals surface area (Å²) in [5, 5.41) is 0. The number of sulfonamides is 1. The molecule has 23 heavy (non-hydrogen) atoms. The summed E-state index contributed by atoms with van der Waals surface area (Å²) >= 11 is 0. The lowest BCUT2D eigenvalue weighted by atomic mass is 10.3. The molecule has 0 atom stereocenters. The number of hydrazine groups is 1. The van der Waals surface area contributed by atoms with Crippen LogP contribution in [0.4, 0.5) is 0 Å². The summed E-state index contributed by atoms with van der Waals surface area (Å²) in [5.74, 6) is 3.79. The van der Waals surface area contributed by atoms with E-state index in [-0.39, 0.29) is 31.1 Å². The van der Waals surface area contributed by atoms with Gasteiger partial charge in [-0.15, -0.1) is 0 Å². The Hall–Kier alpha value is -2.17. The lowest BCUT2D eigenvalue weighted by molar-refractivity contribution is -0.146. The Labute approximate surface area is 134 Å². The normalized spacial score (nSPS) is 16.0. The largest absolute Gasteiger partial charge is 0.497 e. The van der Waals surface area contributed by atoms with Crippen molar-refractivity contribution in [2.24, 2.45) is 5.84 Å². The van der Waals surface area contributed by atoms with Crippen LogP contribution < -0.4 is 16.0 Å². The van der Waals surface area contributed by atoms with Crippen molar-refractivity contribution >= 4 is 21.8 Å². The van der Waals surface area contributed by atoms with Gasteiger partial charge in [-0.05, 0) is 24.3 Å². The molecule has 10 heteroatoms. The molecular formula is C13H18N4O5S. The van der Waals surface area contributed by atoms with Crippen molar-refractivity contribution in [3.8, 4) is 5.75 Å². The molecule has 0 unspecified atom stereocenters. The number of nitrogens with one attached hydrogen (secondary N) is 1. The van der Waals surface area contributed by atoms with Crippen LogP contribution in [0.1, 0.15) is 0 Å². The maximum absolute atomic E-state index is 12.5. The number of ether oxygens (including phenoxy) is 1. The number of rotatable bonds is 3. The van der Waals surface area contributed by atoms with Gasteiger partial charge < -0.3 is 9.64 Å². The highest BCUT2D eigenvalue weighted by atomic mass is 32.2. The zero-order valence-corrected chi connectivity index (χ0v) is 13.4. The molecule has 0 aliphatic carbocycles. The van der Waals surface area contributed by atoms with E-state index in [9.17, 15) is 18.0 Å². The summed E-state index contributed by atoms with van der Waals surface area (Å²) in [6.45, 7) is 0.471. The molecule has 0 radical (unpaired) electrons. The number of piperazine rings is 1. The van der Waals surface area contributed by atoms with Gasteiger partial charge in [0.1, 0.15) is 5.75 Å². The maximum atomic E-state index is 12.5. The summed E-state index contributed by atoms with van der Waals surface area (Å²) < 4.78 is 31.3. The Balaban J connectivity index is 2.06. The molecule has 0 aromatic heterocycles. The predicted octanol–water partition coefficient (Wildman–Crippen LogP) is -1.48. The van der Waals surface area contributed by atoms with Crippen molar-refractivity contribution in [1.82, 2.24) is 14.6 Å². The van der Waals surface area contributed by atoms with E-state index >= 15 is 0 Å². The molecule has 0 bridgehead atoms. The second-order valence-corrected chi connectivity index (χ2v) is 6.78. The highest BCUT2D eigenvalue weighted by Crippen LogP contribution is 2.20. The average molecular weight is 342 g/mol. The molecule has 1 heterocycles. The van der Waals surface area contributed by atoms with Gasteiger partial charge in [0.25, 0.3) is 0 Å². The monoisotopic (exact) mass is 342 g/mol. The lowest BCUT2D eigenvalue weighted by Gasteiger charge is -2.33. The van der Waals surface area contributed by atoms with Gasteiger partial charge >= 0.3 is 11.8 Å². The van der Waals surface area contributed by atoms with E-state index in [0.717, 1.165) is 0 Å². The van der Waals surface area contributed by atoms with Crippen LogP contribution in [0.5, 0.6) is 5.75 Å². The Morgan fingerprint density at radius 2 is 1.70 bits per heavy atom. The predicted molar refractivity (Wildman–Crippen MR) is 80.7 cm³/mol. The molecule has 1 aliphatic rings. The number of hydrogen-bond acceptors (Lipinski definition) is 6. The van der Waals surface area contributed by atoms with Crippen LogP contribution >= 0.6 is 0 Å². The fourth-order valence-corrected chi connectivity index (χ4v) is 3.66. The molecule has 1 aromatic carbocycles. The minimum absolute atomic E-state index is 0.109. The third-order valence-electron chi connectivity index (χ3n) is 3.55. The van der Waals surface area contributed by atoms with E-state index in [4.69, 9.17) is 10.6 Å². The second-order valence-electron chi connectivity index (χ2n) is 4.85. The summed E-state index contributed by atoms with van der Waals surface area (Å²) in [6, 6.07) is 6.07. The molecule has 2 amide bonds. The second kappa shape index (κ2) is 6.94. The smallest absolute Gasteiger partial charge is 0.323 e. The van der Waals surface area contributed by atoms with Gasteiger partial charge in [0, 0.05) is 26.2 Å². The fraction of sp³-hybridized carbons (Fsp3) is 0.385. The highest BCUT2D eigenvalue weighted by molar-refractivity contribution is 7.89. The van der Waals surface area contributed by atoms with Crippen molar-refractivity contribution in [2.45, 2.75) is 4.90 Å². The summed E-state index contributed by atoms with van der Waals surface area (Å²) in [4.78, 5) is 24.3. The van der Waals surface area contributed by atoms with Crippen LogP contribution in [-0.2, 0) is 19.6 Å². The Kier molecular flexibility index (Phi) is 5.19. The van der Waals surface area contributed by atoms with Gasteiger partial charge in [-0.3, -0.25) is 15.0 Å². The molecule has 1 aliphatic heterocycles. The molecular weight excluding hydrogens is 324 g/mol. The lowest BCUT2D eigenvalue weighted by Crippen LogP contribution is -2.54. The number of benzene rings is 1. The average Bonchev–Trinajstić information content (AvgIpc) is 2.60. The number of nitrogens with two attached hydrogens (primary N) is 1. The molecule has 126 valence electrons. The van der Waals surface area contributed by atoms with Crippen molar-refractivity contribution < 1.29 is 22.7 Å². The van der Waals surface area contributed by atoms with E-state index in [1.807, 2.05) is 0 Å². The fourth-order valence-electron chi connectivity index (χ4n) is 2.23. The molecule has 1 saturated heterocycles. The van der Waals surface area contributed by atoms with Crippen LogP contribution in [0.15, 0.2) is 29.2 Å². The molecule has 0 spiro atoms. The zero-order valence-electron chi connectivity index (χ0n) is 12.6. The van der Waals surface area contributed by atoms with E-state index in [1.165, 1.54) is 28.4 Å². The quantitative estimate of drug-likeness (QED) is 0.299. The third-order valence-corrected chi connectivity index (χ3v) is 5.46. The van der Waals surface area contributed by atoms with E-state index in [1.54, 1.807) is 17.6 Å². The highest BCUT2D eigenvalue weighted by Gasteiger charge is 2.31. The first kappa shape index (κ1) is 17.2. The number of carbonyl (C=O) groups excluding carboxylic acids is 2. The third kappa shape index (κ3) is 3.60. The van der Waals surface area contributed by atoms with Crippen molar-refractivity contribution in [3.63, 3.8) is 0 Å². The van der Waals surface area contributed by atoms with Gasteiger partial charge in [0.2, 0.25) is 10.0 Å². The van der Waals surface area contributed by atoms with Gasteiger partial charge in [0.15, 0.2) is 0 Å². The van der Waals surface area contributed by atoms with Gasteiger partial charge in [-0.2, -0.15) is 4.31 Å². The number of carbonyl (C=O) groups is 2. The molecule has 0 saturated carbocycles. The molecule has 3 N–H and O–H groups in total. The first-order chi connectivity index (χ1) is 10.9. The van der Waals surface area contributed by atoms with E-state index < -0.39 is 21.8 Å².